The number of benzene rings is 1. The molecule has 1 aromatic heterocycles. The first-order chi connectivity index (χ1) is 10.6. The molecule has 0 unspecified atom stereocenters. The highest BCUT2D eigenvalue weighted by Gasteiger charge is 2.21. The third kappa shape index (κ3) is 2.86. The molecule has 2 amide bonds. The number of hydrazone groups is 1. The topological polar surface area (TPSA) is 77.6 Å². The van der Waals surface area contributed by atoms with E-state index in [1.54, 1.807) is 11.9 Å². The molecule has 0 saturated carbocycles. The standard InChI is InChI=1S/C16H18N4O2/c1-20(16(22)14-6-7-15(21)19-18-14)9-8-11-10-17-13-5-3-2-4-12(11)13/h2-5,10,17H,6-9H2,1H3,(H,19,21). The smallest absolute Gasteiger partial charge is 0.269 e. The first-order valence-corrected chi connectivity index (χ1v) is 7.31. The zero-order valence-corrected chi connectivity index (χ0v) is 12.4. The Morgan fingerprint density at radius 1 is 1.32 bits per heavy atom. The molecule has 0 fully saturated rings. The van der Waals surface area contributed by atoms with Crippen LogP contribution in [0.1, 0.15) is 18.4 Å². The summed E-state index contributed by atoms with van der Waals surface area (Å²) in [4.78, 5) is 28.2. The number of carbonyl (C=O) groups excluding carboxylic acids is 2. The van der Waals surface area contributed by atoms with Crippen molar-refractivity contribution >= 4 is 28.4 Å². The van der Waals surface area contributed by atoms with E-state index in [2.05, 4.69) is 21.6 Å². The minimum Gasteiger partial charge on any atom is -0.361 e. The Labute approximate surface area is 128 Å². The maximum Gasteiger partial charge on any atom is 0.269 e. The number of aromatic amines is 1. The fraction of sp³-hybridized carbons (Fsp3) is 0.312. The van der Waals surface area contributed by atoms with Gasteiger partial charge in [-0.1, -0.05) is 18.2 Å². The van der Waals surface area contributed by atoms with Gasteiger partial charge in [-0.05, 0) is 18.1 Å². The zero-order valence-electron chi connectivity index (χ0n) is 12.4. The van der Waals surface area contributed by atoms with Gasteiger partial charge in [-0.25, -0.2) is 5.43 Å². The van der Waals surface area contributed by atoms with Gasteiger partial charge in [-0.2, -0.15) is 5.10 Å². The summed E-state index contributed by atoms with van der Waals surface area (Å²) in [6.07, 6.45) is 3.48. The number of likely N-dealkylation sites (N-methyl/N-ethyl adjacent to an activating group) is 1. The highest BCUT2D eigenvalue weighted by atomic mass is 16.2. The van der Waals surface area contributed by atoms with Crippen molar-refractivity contribution in [3.8, 4) is 0 Å². The molecule has 6 heteroatoms. The summed E-state index contributed by atoms with van der Waals surface area (Å²) in [6.45, 7) is 0.605. The summed E-state index contributed by atoms with van der Waals surface area (Å²) in [5.41, 5.74) is 5.07. The SMILES string of the molecule is CN(CCc1c[nH]c2ccccc12)C(=O)C1=NNC(=O)CC1. The summed E-state index contributed by atoms with van der Waals surface area (Å²) in [6, 6.07) is 8.11. The second kappa shape index (κ2) is 6.01. The lowest BCUT2D eigenvalue weighted by Crippen LogP contribution is -2.38. The Balaban J connectivity index is 1.63. The molecule has 0 spiro atoms. The normalized spacial score (nSPS) is 14.6. The lowest BCUT2D eigenvalue weighted by molar-refractivity contribution is -0.123. The molecule has 1 aliphatic heterocycles. The van der Waals surface area contributed by atoms with Crippen molar-refractivity contribution in [2.24, 2.45) is 5.10 Å². The van der Waals surface area contributed by atoms with Crippen LogP contribution in [0.3, 0.4) is 0 Å². The van der Waals surface area contributed by atoms with Gasteiger partial charge < -0.3 is 9.88 Å². The summed E-state index contributed by atoms with van der Waals surface area (Å²) < 4.78 is 0. The number of fused-ring (bicyclic) bond motifs is 1. The molecule has 2 aromatic rings. The minimum atomic E-state index is -0.141. The number of carbonyl (C=O) groups is 2. The van der Waals surface area contributed by atoms with E-state index in [0.29, 0.717) is 25.1 Å². The number of nitrogens with one attached hydrogen (secondary N) is 2. The predicted octanol–water partition coefficient (Wildman–Crippen LogP) is 1.43. The number of para-hydroxylation sites is 1. The molecule has 1 aliphatic rings. The molecule has 1 aromatic carbocycles. The van der Waals surface area contributed by atoms with Crippen LogP contribution in [0.4, 0.5) is 0 Å². The Kier molecular flexibility index (Phi) is 3.91. The van der Waals surface area contributed by atoms with E-state index in [4.69, 9.17) is 0 Å². The second-order valence-electron chi connectivity index (χ2n) is 5.43. The van der Waals surface area contributed by atoms with E-state index in [1.165, 1.54) is 10.9 Å². The molecule has 0 radical (unpaired) electrons. The van der Waals surface area contributed by atoms with Gasteiger partial charge in [0.1, 0.15) is 5.71 Å². The summed E-state index contributed by atoms with van der Waals surface area (Å²) in [5, 5.41) is 5.03. The number of hydrogen-bond acceptors (Lipinski definition) is 3. The van der Waals surface area contributed by atoms with Crippen molar-refractivity contribution in [2.45, 2.75) is 19.3 Å². The van der Waals surface area contributed by atoms with Gasteiger partial charge in [0.25, 0.3) is 5.91 Å². The molecular weight excluding hydrogens is 280 g/mol. The van der Waals surface area contributed by atoms with Crippen LogP contribution in [0.15, 0.2) is 35.6 Å². The van der Waals surface area contributed by atoms with E-state index < -0.39 is 0 Å². The van der Waals surface area contributed by atoms with E-state index in [-0.39, 0.29) is 11.8 Å². The number of H-pyrrole nitrogens is 1. The van der Waals surface area contributed by atoms with Gasteiger partial charge in [-0.3, -0.25) is 9.59 Å². The molecule has 0 saturated heterocycles. The van der Waals surface area contributed by atoms with Crippen molar-refractivity contribution < 1.29 is 9.59 Å². The lowest BCUT2D eigenvalue weighted by atomic mass is 10.1. The summed E-state index contributed by atoms with van der Waals surface area (Å²) in [7, 11) is 1.76. The molecule has 2 heterocycles. The van der Waals surface area contributed by atoms with E-state index >= 15 is 0 Å². The number of hydrogen-bond donors (Lipinski definition) is 2. The van der Waals surface area contributed by atoms with Crippen molar-refractivity contribution in [3.05, 3.63) is 36.0 Å². The van der Waals surface area contributed by atoms with E-state index in [1.807, 2.05) is 24.4 Å². The minimum absolute atomic E-state index is 0.125. The quantitative estimate of drug-likeness (QED) is 0.896. The van der Waals surface area contributed by atoms with Gasteiger partial charge in [0, 0.05) is 43.5 Å². The number of amides is 2. The van der Waals surface area contributed by atoms with Gasteiger partial charge in [0.15, 0.2) is 0 Å². The van der Waals surface area contributed by atoms with Crippen LogP contribution >= 0.6 is 0 Å². The highest BCUT2D eigenvalue weighted by Crippen LogP contribution is 2.18. The van der Waals surface area contributed by atoms with Gasteiger partial charge >= 0.3 is 0 Å². The maximum absolute atomic E-state index is 12.3. The van der Waals surface area contributed by atoms with Crippen LogP contribution in [-0.2, 0) is 16.0 Å². The summed E-state index contributed by atoms with van der Waals surface area (Å²) >= 11 is 0. The van der Waals surface area contributed by atoms with Gasteiger partial charge in [0.05, 0.1) is 0 Å². The van der Waals surface area contributed by atoms with E-state index in [0.717, 1.165) is 11.9 Å². The molecular formula is C16H18N4O2. The lowest BCUT2D eigenvalue weighted by Gasteiger charge is -2.19. The number of nitrogens with zero attached hydrogens (tertiary/aromatic N) is 2. The maximum atomic E-state index is 12.3. The van der Waals surface area contributed by atoms with Crippen molar-refractivity contribution in [1.29, 1.82) is 0 Å². The van der Waals surface area contributed by atoms with E-state index in [9.17, 15) is 9.59 Å². The Bertz CT molecular complexity index is 747. The number of rotatable bonds is 4. The largest absolute Gasteiger partial charge is 0.361 e. The molecule has 2 N–H and O–H groups in total. The third-order valence-corrected chi connectivity index (χ3v) is 3.89. The van der Waals surface area contributed by atoms with Crippen LogP contribution in [0.2, 0.25) is 0 Å². The molecule has 3 rings (SSSR count). The van der Waals surface area contributed by atoms with Crippen molar-refractivity contribution in [1.82, 2.24) is 15.3 Å². The Morgan fingerprint density at radius 2 is 2.14 bits per heavy atom. The highest BCUT2D eigenvalue weighted by molar-refractivity contribution is 6.39. The first-order valence-electron chi connectivity index (χ1n) is 7.31. The molecule has 6 nitrogen and oxygen atoms in total. The molecule has 0 atom stereocenters. The molecule has 0 bridgehead atoms. The van der Waals surface area contributed by atoms with Crippen LogP contribution in [0, 0.1) is 0 Å². The number of aromatic nitrogens is 1. The monoisotopic (exact) mass is 298 g/mol. The van der Waals surface area contributed by atoms with Crippen molar-refractivity contribution in [2.75, 3.05) is 13.6 Å². The first kappa shape index (κ1) is 14.3. The van der Waals surface area contributed by atoms with Crippen molar-refractivity contribution in [3.63, 3.8) is 0 Å². The fourth-order valence-electron chi connectivity index (χ4n) is 2.58. The fourth-order valence-corrected chi connectivity index (χ4v) is 2.58. The molecule has 22 heavy (non-hydrogen) atoms. The predicted molar refractivity (Wildman–Crippen MR) is 84.5 cm³/mol. The van der Waals surface area contributed by atoms with Gasteiger partial charge in [0.2, 0.25) is 5.91 Å². The third-order valence-electron chi connectivity index (χ3n) is 3.89. The van der Waals surface area contributed by atoms with Crippen LogP contribution < -0.4 is 5.43 Å². The van der Waals surface area contributed by atoms with Crippen LogP contribution in [0.25, 0.3) is 10.9 Å². The summed E-state index contributed by atoms with van der Waals surface area (Å²) in [5.74, 6) is -0.266. The zero-order chi connectivity index (χ0) is 15.5. The molecule has 0 aliphatic carbocycles. The average molecular weight is 298 g/mol. The van der Waals surface area contributed by atoms with Crippen LogP contribution in [0.5, 0.6) is 0 Å². The second-order valence-corrected chi connectivity index (χ2v) is 5.43. The Morgan fingerprint density at radius 3 is 2.91 bits per heavy atom. The Hall–Kier alpha value is -2.63. The van der Waals surface area contributed by atoms with Gasteiger partial charge in [-0.15, -0.1) is 0 Å². The van der Waals surface area contributed by atoms with Crippen LogP contribution in [-0.4, -0.2) is 41.0 Å². The molecule has 114 valence electrons. The average Bonchev–Trinajstić information content (AvgIpc) is 2.96.